The van der Waals surface area contributed by atoms with Crippen LogP contribution < -0.4 is 4.90 Å². The van der Waals surface area contributed by atoms with E-state index >= 15 is 0 Å². The van der Waals surface area contributed by atoms with Crippen molar-refractivity contribution in [2.45, 2.75) is 31.3 Å². The fourth-order valence-electron chi connectivity index (χ4n) is 3.33. The number of benzene rings is 1. The summed E-state index contributed by atoms with van der Waals surface area (Å²) in [5.74, 6) is -0.105. The van der Waals surface area contributed by atoms with Gasteiger partial charge in [-0.15, -0.1) is 0 Å². The van der Waals surface area contributed by atoms with Gasteiger partial charge in [0.2, 0.25) is 11.8 Å². The second kappa shape index (κ2) is 5.96. The standard InChI is InChI=1S/C16H20N2O4S/c1-17(13-9-10-23(21,22)11-13)16(20)14-7-8-15(19)18(14)12-5-3-2-4-6-12/h2-6,13-14H,7-11H2,1H3. The SMILES string of the molecule is CN(C(=O)C1CCC(=O)N1c1ccccc1)C1CCS(=O)(=O)C1. The van der Waals surface area contributed by atoms with Crippen LogP contribution in [-0.4, -0.2) is 55.8 Å². The fourth-order valence-corrected chi connectivity index (χ4v) is 5.10. The molecule has 0 spiro atoms. The topological polar surface area (TPSA) is 74.8 Å². The molecule has 3 rings (SSSR count). The van der Waals surface area contributed by atoms with Crippen LogP contribution >= 0.6 is 0 Å². The molecule has 2 atom stereocenters. The third-order valence-corrected chi connectivity index (χ3v) is 6.39. The van der Waals surface area contributed by atoms with Crippen molar-refractivity contribution in [2.24, 2.45) is 0 Å². The molecular formula is C16H20N2O4S. The van der Waals surface area contributed by atoms with Crippen LogP contribution in [0.2, 0.25) is 0 Å². The minimum absolute atomic E-state index is 0.0151. The smallest absolute Gasteiger partial charge is 0.245 e. The number of amides is 2. The Morgan fingerprint density at radius 2 is 1.91 bits per heavy atom. The highest BCUT2D eigenvalue weighted by atomic mass is 32.2. The number of hydrogen-bond acceptors (Lipinski definition) is 4. The number of carbonyl (C=O) groups is 2. The Labute approximate surface area is 136 Å². The van der Waals surface area contributed by atoms with Gasteiger partial charge in [0.15, 0.2) is 9.84 Å². The van der Waals surface area contributed by atoms with E-state index in [1.165, 1.54) is 4.90 Å². The van der Waals surface area contributed by atoms with Crippen LogP contribution in [-0.2, 0) is 19.4 Å². The molecular weight excluding hydrogens is 316 g/mol. The van der Waals surface area contributed by atoms with E-state index in [-0.39, 0.29) is 29.4 Å². The molecule has 2 fully saturated rings. The van der Waals surface area contributed by atoms with E-state index in [1.54, 1.807) is 11.9 Å². The molecule has 0 aliphatic carbocycles. The first-order chi connectivity index (χ1) is 10.9. The lowest BCUT2D eigenvalue weighted by atomic mass is 10.1. The molecule has 0 radical (unpaired) electrons. The average molecular weight is 336 g/mol. The first kappa shape index (κ1) is 16.0. The lowest BCUT2D eigenvalue weighted by molar-refractivity contribution is -0.133. The predicted octanol–water partition coefficient (Wildman–Crippen LogP) is 0.828. The number of likely N-dealkylation sites (N-methyl/N-ethyl adjacent to an activating group) is 1. The van der Waals surface area contributed by atoms with Gasteiger partial charge in [-0.2, -0.15) is 0 Å². The van der Waals surface area contributed by atoms with Crippen molar-refractivity contribution in [1.29, 1.82) is 0 Å². The average Bonchev–Trinajstić information content (AvgIpc) is 3.09. The van der Waals surface area contributed by atoms with Crippen LogP contribution in [0.1, 0.15) is 19.3 Å². The molecule has 23 heavy (non-hydrogen) atoms. The van der Waals surface area contributed by atoms with Gasteiger partial charge in [-0.1, -0.05) is 18.2 Å². The molecule has 2 aliphatic heterocycles. The Morgan fingerprint density at radius 1 is 1.22 bits per heavy atom. The Kier molecular flexibility index (Phi) is 4.14. The summed E-state index contributed by atoms with van der Waals surface area (Å²) in [6, 6.07) is 8.30. The maximum absolute atomic E-state index is 12.8. The van der Waals surface area contributed by atoms with E-state index < -0.39 is 15.9 Å². The summed E-state index contributed by atoms with van der Waals surface area (Å²) in [6.45, 7) is 0. The molecule has 2 aliphatic rings. The maximum Gasteiger partial charge on any atom is 0.245 e. The van der Waals surface area contributed by atoms with E-state index in [1.807, 2.05) is 30.3 Å². The zero-order valence-electron chi connectivity index (χ0n) is 13.0. The second-order valence-electron chi connectivity index (χ2n) is 6.16. The summed E-state index contributed by atoms with van der Waals surface area (Å²) in [4.78, 5) is 28.1. The zero-order chi connectivity index (χ0) is 16.6. The van der Waals surface area contributed by atoms with Crippen molar-refractivity contribution in [2.75, 3.05) is 23.5 Å². The number of nitrogens with zero attached hydrogens (tertiary/aromatic N) is 2. The Morgan fingerprint density at radius 3 is 2.52 bits per heavy atom. The maximum atomic E-state index is 12.8. The molecule has 124 valence electrons. The monoisotopic (exact) mass is 336 g/mol. The second-order valence-corrected chi connectivity index (χ2v) is 8.39. The fraction of sp³-hybridized carbons (Fsp3) is 0.500. The first-order valence-corrected chi connectivity index (χ1v) is 9.55. The number of sulfone groups is 1. The largest absolute Gasteiger partial charge is 0.340 e. The quantitative estimate of drug-likeness (QED) is 0.819. The molecule has 7 heteroatoms. The van der Waals surface area contributed by atoms with Gasteiger partial charge in [0.25, 0.3) is 0 Å². The molecule has 1 aromatic rings. The van der Waals surface area contributed by atoms with Gasteiger partial charge in [0.05, 0.1) is 11.5 Å². The summed E-state index contributed by atoms with van der Waals surface area (Å²) in [6.07, 6.45) is 1.27. The van der Waals surface area contributed by atoms with Crippen LogP contribution in [0.4, 0.5) is 5.69 Å². The highest BCUT2D eigenvalue weighted by Crippen LogP contribution is 2.28. The van der Waals surface area contributed by atoms with Gasteiger partial charge in [-0.05, 0) is 25.0 Å². The van der Waals surface area contributed by atoms with Gasteiger partial charge < -0.3 is 4.90 Å². The van der Waals surface area contributed by atoms with Crippen molar-refractivity contribution >= 4 is 27.3 Å². The normalized spacial score (nSPS) is 26.5. The van der Waals surface area contributed by atoms with Crippen LogP contribution in [0.15, 0.2) is 30.3 Å². The van der Waals surface area contributed by atoms with Crippen molar-refractivity contribution in [1.82, 2.24) is 4.90 Å². The van der Waals surface area contributed by atoms with Crippen molar-refractivity contribution in [3.63, 3.8) is 0 Å². The minimum atomic E-state index is -3.05. The van der Waals surface area contributed by atoms with E-state index in [9.17, 15) is 18.0 Å². The van der Waals surface area contributed by atoms with Gasteiger partial charge in [0, 0.05) is 25.2 Å². The van der Waals surface area contributed by atoms with Gasteiger partial charge >= 0.3 is 0 Å². The van der Waals surface area contributed by atoms with Crippen molar-refractivity contribution in [3.05, 3.63) is 30.3 Å². The zero-order valence-corrected chi connectivity index (χ0v) is 13.8. The molecule has 2 unspecified atom stereocenters. The van der Waals surface area contributed by atoms with Gasteiger partial charge in [-0.3, -0.25) is 14.5 Å². The first-order valence-electron chi connectivity index (χ1n) is 7.73. The molecule has 1 aromatic carbocycles. The van der Waals surface area contributed by atoms with E-state index in [0.29, 0.717) is 24.9 Å². The summed E-state index contributed by atoms with van der Waals surface area (Å²) in [5.41, 5.74) is 0.709. The van der Waals surface area contributed by atoms with E-state index in [2.05, 4.69) is 0 Å². The lowest BCUT2D eigenvalue weighted by Crippen LogP contribution is -2.49. The van der Waals surface area contributed by atoms with Crippen molar-refractivity contribution < 1.29 is 18.0 Å². The number of rotatable bonds is 3. The highest BCUT2D eigenvalue weighted by Gasteiger charge is 2.41. The van der Waals surface area contributed by atoms with Crippen LogP contribution in [0, 0.1) is 0 Å². The van der Waals surface area contributed by atoms with E-state index in [4.69, 9.17) is 0 Å². The summed E-state index contributed by atoms with van der Waals surface area (Å²) < 4.78 is 23.2. The third kappa shape index (κ3) is 3.10. The molecule has 2 heterocycles. The summed E-state index contributed by atoms with van der Waals surface area (Å²) >= 11 is 0. The Hall–Kier alpha value is -1.89. The summed E-state index contributed by atoms with van der Waals surface area (Å²) in [7, 11) is -1.41. The Balaban J connectivity index is 1.80. The summed E-state index contributed by atoms with van der Waals surface area (Å²) in [5, 5.41) is 0. The molecule has 0 aromatic heterocycles. The van der Waals surface area contributed by atoms with Gasteiger partial charge in [-0.25, -0.2) is 8.42 Å². The van der Waals surface area contributed by atoms with Crippen molar-refractivity contribution in [3.8, 4) is 0 Å². The molecule has 0 saturated carbocycles. The highest BCUT2D eigenvalue weighted by molar-refractivity contribution is 7.91. The van der Waals surface area contributed by atoms with Crippen LogP contribution in [0.3, 0.4) is 0 Å². The predicted molar refractivity (Wildman–Crippen MR) is 86.8 cm³/mol. The number of carbonyl (C=O) groups excluding carboxylic acids is 2. The number of anilines is 1. The number of hydrogen-bond donors (Lipinski definition) is 0. The number of para-hydroxylation sites is 1. The molecule has 0 N–H and O–H groups in total. The molecule has 2 saturated heterocycles. The van der Waals surface area contributed by atoms with Crippen LogP contribution in [0.5, 0.6) is 0 Å². The van der Waals surface area contributed by atoms with Crippen LogP contribution in [0.25, 0.3) is 0 Å². The lowest BCUT2D eigenvalue weighted by Gasteiger charge is -2.31. The molecule has 0 bridgehead atoms. The third-order valence-electron chi connectivity index (χ3n) is 4.64. The van der Waals surface area contributed by atoms with Gasteiger partial charge in [0.1, 0.15) is 6.04 Å². The minimum Gasteiger partial charge on any atom is -0.340 e. The molecule has 2 amide bonds. The van der Waals surface area contributed by atoms with E-state index in [0.717, 1.165) is 0 Å². The molecule has 6 nitrogen and oxygen atoms in total. The Bertz CT molecular complexity index is 717.